The number of nitro groups is 1. The molecule has 0 bridgehead atoms. The minimum absolute atomic E-state index is 0.0829. The molecule has 9 nitrogen and oxygen atoms in total. The SMILES string of the molecule is Cc1cc(C(=O)COC(=O)/C=C/c2cccc([N+](=O)[O-])c2)c(C)n1C[C@H]1COc2ccccc2O1. The molecule has 1 atom stereocenters. The van der Waals surface area contributed by atoms with E-state index in [1.165, 1.54) is 24.3 Å². The fourth-order valence-electron chi connectivity index (χ4n) is 3.89. The van der Waals surface area contributed by atoms with Gasteiger partial charge in [0, 0.05) is 35.2 Å². The third kappa shape index (κ3) is 5.57. The fraction of sp³-hybridized carbons (Fsp3) is 0.231. The van der Waals surface area contributed by atoms with Crippen LogP contribution in [0.5, 0.6) is 11.5 Å². The molecule has 0 fully saturated rings. The molecule has 1 aromatic heterocycles. The van der Waals surface area contributed by atoms with Crippen molar-refractivity contribution < 1.29 is 28.7 Å². The van der Waals surface area contributed by atoms with Gasteiger partial charge in [-0.05, 0) is 43.7 Å². The third-order valence-corrected chi connectivity index (χ3v) is 5.67. The number of ketones is 1. The number of carbonyl (C=O) groups excluding carboxylic acids is 2. The summed E-state index contributed by atoms with van der Waals surface area (Å²) >= 11 is 0. The molecule has 0 N–H and O–H groups in total. The molecule has 3 aromatic rings. The summed E-state index contributed by atoms with van der Waals surface area (Å²) in [5.74, 6) is 0.354. The van der Waals surface area contributed by atoms with Crippen LogP contribution in [-0.2, 0) is 16.1 Å². The van der Waals surface area contributed by atoms with Crippen molar-refractivity contribution in [3.05, 3.63) is 93.3 Å². The van der Waals surface area contributed by atoms with Crippen LogP contribution in [0.2, 0.25) is 0 Å². The summed E-state index contributed by atoms with van der Waals surface area (Å²) in [5, 5.41) is 10.9. The number of non-ortho nitro benzene ring substituents is 1. The van der Waals surface area contributed by atoms with Gasteiger partial charge in [-0.15, -0.1) is 0 Å². The van der Waals surface area contributed by atoms with Crippen molar-refractivity contribution in [1.29, 1.82) is 0 Å². The number of Topliss-reactive ketones (excluding diaryl/α,β-unsaturated/α-hetero) is 1. The quantitative estimate of drug-likeness (QED) is 0.157. The van der Waals surface area contributed by atoms with Crippen LogP contribution in [-0.4, -0.2) is 40.6 Å². The van der Waals surface area contributed by atoms with Crippen molar-refractivity contribution in [3.63, 3.8) is 0 Å². The lowest BCUT2D eigenvalue weighted by Gasteiger charge is -2.27. The zero-order valence-corrected chi connectivity index (χ0v) is 19.3. The van der Waals surface area contributed by atoms with E-state index in [1.807, 2.05) is 42.7 Å². The second-order valence-corrected chi connectivity index (χ2v) is 8.11. The highest BCUT2D eigenvalue weighted by atomic mass is 16.6. The van der Waals surface area contributed by atoms with E-state index in [2.05, 4.69) is 0 Å². The predicted molar refractivity (Wildman–Crippen MR) is 128 cm³/mol. The molecule has 0 unspecified atom stereocenters. The number of hydrogen-bond donors (Lipinski definition) is 0. The minimum Gasteiger partial charge on any atom is -0.486 e. The molecule has 1 aliphatic rings. The van der Waals surface area contributed by atoms with Crippen LogP contribution in [0.15, 0.2) is 60.7 Å². The first-order valence-electron chi connectivity index (χ1n) is 11.0. The first-order chi connectivity index (χ1) is 16.8. The highest BCUT2D eigenvalue weighted by Crippen LogP contribution is 2.31. The molecule has 0 amide bonds. The molecule has 35 heavy (non-hydrogen) atoms. The van der Waals surface area contributed by atoms with Crippen molar-refractivity contribution in [2.45, 2.75) is 26.5 Å². The summed E-state index contributed by atoms with van der Waals surface area (Å²) in [6, 6.07) is 15.1. The number of ether oxygens (including phenoxy) is 3. The van der Waals surface area contributed by atoms with Crippen molar-refractivity contribution in [3.8, 4) is 11.5 Å². The van der Waals surface area contributed by atoms with E-state index in [-0.39, 0.29) is 17.6 Å². The van der Waals surface area contributed by atoms with Crippen LogP contribution in [0.4, 0.5) is 5.69 Å². The zero-order valence-electron chi connectivity index (χ0n) is 19.3. The summed E-state index contributed by atoms with van der Waals surface area (Å²) in [6.07, 6.45) is 2.32. The normalized spacial score (nSPS) is 14.6. The Hall–Kier alpha value is -4.40. The number of aryl methyl sites for hydroxylation is 1. The zero-order chi connectivity index (χ0) is 24.9. The standard InChI is InChI=1S/C26H24N2O7/c1-17-12-22(18(2)27(17)14-21-15-33-24-8-3-4-9-25(24)35-21)23(29)16-34-26(30)11-10-19-6-5-7-20(13-19)28(31)32/h3-13,21H,14-16H2,1-2H3/b11-10+/t21-/m0/s1. The maximum atomic E-state index is 12.7. The summed E-state index contributed by atoms with van der Waals surface area (Å²) in [6.45, 7) is 4.22. The van der Waals surface area contributed by atoms with Crippen molar-refractivity contribution in [2.24, 2.45) is 0 Å². The van der Waals surface area contributed by atoms with Crippen LogP contribution >= 0.6 is 0 Å². The average molecular weight is 476 g/mol. The molecule has 1 aliphatic heterocycles. The second kappa shape index (κ2) is 10.3. The van der Waals surface area contributed by atoms with E-state index in [0.717, 1.165) is 17.5 Å². The van der Waals surface area contributed by atoms with Crippen molar-refractivity contribution in [1.82, 2.24) is 4.57 Å². The number of nitrogens with zero attached hydrogens (tertiary/aromatic N) is 2. The highest BCUT2D eigenvalue weighted by molar-refractivity contribution is 6.00. The van der Waals surface area contributed by atoms with Gasteiger partial charge in [0.05, 0.1) is 11.5 Å². The minimum atomic E-state index is -0.718. The smallest absolute Gasteiger partial charge is 0.331 e. The summed E-state index contributed by atoms with van der Waals surface area (Å²) in [7, 11) is 0. The van der Waals surface area contributed by atoms with E-state index < -0.39 is 17.5 Å². The number of aromatic nitrogens is 1. The second-order valence-electron chi connectivity index (χ2n) is 8.11. The molecule has 4 rings (SSSR count). The Kier molecular flexibility index (Phi) is 6.96. The Labute approximate surface area is 201 Å². The lowest BCUT2D eigenvalue weighted by atomic mass is 10.1. The third-order valence-electron chi connectivity index (χ3n) is 5.67. The van der Waals surface area contributed by atoms with Gasteiger partial charge >= 0.3 is 5.97 Å². The Balaban J connectivity index is 1.35. The molecular formula is C26H24N2O7. The number of nitro benzene ring substituents is 1. The van der Waals surface area contributed by atoms with Gasteiger partial charge < -0.3 is 18.8 Å². The molecule has 0 spiro atoms. The molecule has 180 valence electrons. The number of rotatable bonds is 8. The van der Waals surface area contributed by atoms with E-state index in [0.29, 0.717) is 35.8 Å². The van der Waals surface area contributed by atoms with Gasteiger partial charge in [0.25, 0.3) is 5.69 Å². The Morgan fingerprint density at radius 1 is 1.14 bits per heavy atom. The first-order valence-corrected chi connectivity index (χ1v) is 11.0. The van der Waals surface area contributed by atoms with E-state index in [9.17, 15) is 19.7 Å². The summed E-state index contributed by atoms with van der Waals surface area (Å²) in [4.78, 5) is 35.1. The molecule has 2 heterocycles. The number of para-hydroxylation sites is 2. The lowest BCUT2D eigenvalue weighted by molar-refractivity contribution is -0.384. The topological polar surface area (TPSA) is 110 Å². The van der Waals surface area contributed by atoms with E-state index in [1.54, 1.807) is 12.1 Å². The maximum Gasteiger partial charge on any atom is 0.331 e. The van der Waals surface area contributed by atoms with Crippen LogP contribution < -0.4 is 9.47 Å². The Morgan fingerprint density at radius 2 is 1.91 bits per heavy atom. The van der Waals surface area contributed by atoms with E-state index in [4.69, 9.17) is 14.2 Å². The maximum absolute atomic E-state index is 12.7. The van der Waals surface area contributed by atoms with E-state index >= 15 is 0 Å². The van der Waals surface area contributed by atoms with Gasteiger partial charge in [0.1, 0.15) is 6.61 Å². The lowest BCUT2D eigenvalue weighted by Crippen LogP contribution is -2.33. The molecule has 0 saturated carbocycles. The van der Waals surface area contributed by atoms with Crippen LogP contribution in [0.25, 0.3) is 6.08 Å². The fourth-order valence-corrected chi connectivity index (χ4v) is 3.89. The van der Waals surface area contributed by atoms with Crippen LogP contribution in [0.1, 0.15) is 27.3 Å². The predicted octanol–water partition coefficient (Wildman–Crippen LogP) is 4.29. The monoisotopic (exact) mass is 476 g/mol. The summed E-state index contributed by atoms with van der Waals surface area (Å²) < 4.78 is 18.9. The van der Waals surface area contributed by atoms with Crippen LogP contribution in [0, 0.1) is 24.0 Å². The number of benzene rings is 2. The van der Waals surface area contributed by atoms with Gasteiger partial charge in [0.2, 0.25) is 5.78 Å². The Morgan fingerprint density at radius 3 is 2.69 bits per heavy atom. The molecule has 0 aliphatic carbocycles. The van der Waals surface area contributed by atoms with Gasteiger partial charge in [-0.3, -0.25) is 14.9 Å². The number of carbonyl (C=O) groups is 2. The molecule has 9 heteroatoms. The van der Waals surface area contributed by atoms with Gasteiger partial charge in [0.15, 0.2) is 24.2 Å². The number of hydrogen-bond acceptors (Lipinski definition) is 7. The first kappa shape index (κ1) is 23.7. The number of fused-ring (bicyclic) bond motifs is 1. The average Bonchev–Trinajstić information content (AvgIpc) is 3.14. The van der Waals surface area contributed by atoms with Gasteiger partial charge in [-0.25, -0.2) is 4.79 Å². The molecule has 2 aromatic carbocycles. The highest BCUT2D eigenvalue weighted by Gasteiger charge is 2.24. The number of esters is 1. The van der Waals surface area contributed by atoms with Gasteiger partial charge in [-0.2, -0.15) is 0 Å². The van der Waals surface area contributed by atoms with Crippen molar-refractivity contribution >= 4 is 23.5 Å². The van der Waals surface area contributed by atoms with Crippen molar-refractivity contribution in [2.75, 3.05) is 13.2 Å². The van der Waals surface area contributed by atoms with Crippen LogP contribution in [0.3, 0.4) is 0 Å². The largest absolute Gasteiger partial charge is 0.486 e. The van der Waals surface area contributed by atoms with Gasteiger partial charge in [-0.1, -0.05) is 24.3 Å². The Bertz CT molecular complexity index is 1310. The molecule has 0 radical (unpaired) electrons. The molecule has 0 saturated heterocycles. The summed E-state index contributed by atoms with van der Waals surface area (Å²) in [5.41, 5.74) is 2.49. The molecular weight excluding hydrogens is 452 g/mol.